The molecule has 0 aromatic heterocycles. The minimum atomic E-state index is -0.998. The Morgan fingerprint density at radius 3 is 1.37 bits per heavy atom. The van der Waals surface area contributed by atoms with Crippen molar-refractivity contribution in [2.45, 2.75) is 13.3 Å². The Balaban J connectivity index is 1.86. The van der Waals surface area contributed by atoms with E-state index in [4.69, 9.17) is 5.11 Å². The van der Waals surface area contributed by atoms with Gasteiger partial charge in [0.25, 0.3) is 0 Å². The zero-order chi connectivity index (χ0) is 25.1. The van der Waals surface area contributed by atoms with Crippen LogP contribution >= 0.6 is 0 Å². The second-order valence-corrected chi connectivity index (χ2v) is 8.23. The quantitative estimate of drug-likeness (QED) is 0.307. The third-order valence-corrected chi connectivity index (χ3v) is 5.94. The first-order chi connectivity index (χ1) is 16.7. The van der Waals surface area contributed by atoms with Crippen molar-refractivity contribution in [2.75, 3.05) is 0 Å². The van der Waals surface area contributed by atoms with Gasteiger partial charge in [-0.2, -0.15) is 0 Å². The van der Waals surface area contributed by atoms with E-state index < -0.39 is 17.9 Å². The molecule has 0 fully saturated rings. The van der Waals surface area contributed by atoms with Crippen LogP contribution in [0.4, 0.5) is 0 Å². The average molecular weight is 466 g/mol. The van der Waals surface area contributed by atoms with E-state index >= 15 is 0 Å². The van der Waals surface area contributed by atoms with Crippen LogP contribution in [0, 0.1) is 6.92 Å². The van der Waals surface area contributed by atoms with E-state index in [1.807, 2.05) is 31.2 Å². The summed E-state index contributed by atoms with van der Waals surface area (Å²) in [6.45, 7) is 1.98. The van der Waals surface area contributed by atoms with Crippen molar-refractivity contribution in [1.82, 2.24) is 0 Å². The van der Waals surface area contributed by atoms with E-state index in [9.17, 15) is 24.6 Å². The molecule has 0 bridgehead atoms. The van der Waals surface area contributed by atoms with E-state index in [0.29, 0.717) is 5.56 Å². The number of carboxylic acid groups (broad SMARTS) is 3. The molecule has 0 unspecified atom stereocenters. The molecule has 174 valence electrons. The van der Waals surface area contributed by atoms with Crippen molar-refractivity contribution in [3.63, 3.8) is 0 Å². The molecule has 0 saturated carbocycles. The highest BCUT2D eigenvalue weighted by Crippen LogP contribution is 2.37. The molecule has 4 rings (SSSR count). The Bertz CT molecular complexity index is 1420. The van der Waals surface area contributed by atoms with Crippen molar-refractivity contribution in [1.29, 1.82) is 0 Å². The molecule has 0 aliphatic carbocycles. The van der Waals surface area contributed by atoms with Gasteiger partial charge in [-0.15, -0.1) is 0 Å². The number of rotatable bonds is 7. The molecule has 6 nitrogen and oxygen atoms in total. The van der Waals surface area contributed by atoms with E-state index in [2.05, 4.69) is 0 Å². The Morgan fingerprint density at radius 1 is 0.571 bits per heavy atom. The third kappa shape index (κ3) is 5.12. The topological polar surface area (TPSA) is 112 Å². The number of aliphatic carboxylic acids is 1. The molecule has 0 amide bonds. The summed E-state index contributed by atoms with van der Waals surface area (Å²) >= 11 is 0. The van der Waals surface area contributed by atoms with Crippen molar-refractivity contribution in [3.05, 3.63) is 107 Å². The summed E-state index contributed by atoms with van der Waals surface area (Å²) in [6, 6.07) is 24.6. The third-order valence-electron chi connectivity index (χ3n) is 5.94. The summed E-state index contributed by atoms with van der Waals surface area (Å²) in [4.78, 5) is 33.6. The van der Waals surface area contributed by atoms with E-state index in [1.54, 1.807) is 60.7 Å². The van der Waals surface area contributed by atoms with Crippen molar-refractivity contribution >= 4 is 17.9 Å². The van der Waals surface area contributed by atoms with Crippen LogP contribution in [0.3, 0.4) is 0 Å². The maximum Gasteiger partial charge on any atom is 0.335 e. The molecule has 4 aromatic rings. The fraction of sp³-hybridized carbons (Fsp3) is 0.0690. The highest BCUT2D eigenvalue weighted by Gasteiger charge is 2.14. The summed E-state index contributed by atoms with van der Waals surface area (Å²) < 4.78 is 0. The summed E-state index contributed by atoms with van der Waals surface area (Å²) in [6.07, 6.45) is -0.0591. The number of hydrogen-bond acceptors (Lipinski definition) is 3. The molecule has 0 heterocycles. The minimum absolute atomic E-state index is 0.0591. The van der Waals surface area contributed by atoms with E-state index in [1.165, 1.54) is 0 Å². The molecule has 35 heavy (non-hydrogen) atoms. The molecule has 0 saturated heterocycles. The maximum atomic E-state index is 11.3. The van der Waals surface area contributed by atoms with Gasteiger partial charge in [-0.25, -0.2) is 9.59 Å². The summed E-state index contributed by atoms with van der Waals surface area (Å²) in [7, 11) is 0. The second kappa shape index (κ2) is 9.65. The Hall–Kier alpha value is -4.71. The van der Waals surface area contributed by atoms with Crippen LogP contribution in [-0.4, -0.2) is 33.2 Å². The lowest BCUT2D eigenvalue weighted by Gasteiger charge is -2.16. The average Bonchev–Trinajstić information content (AvgIpc) is 2.84. The largest absolute Gasteiger partial charge is 0.481 e. The zero-order valence-electron chi connectivity index (χ0n) is 18.9. The van der Waals surface area contributed by atoms with Gasteiger partial charge in [0.1, 0.15) is 0 Å². The normalized spacial score (nSPS) is 10.7. The van der Waals surface area contributed by atoms with Crippen molar-refractivity contribution < 1.29 is 29.7 Å². The zero-order valence-corrected chi connectivity index (χ0v) is 18.9. The smallest absolute Gasteiger partial charge is 0.335 e. The minimum Gasteiger partial charge on any atom is -0.481 e. The second-order valence-electron chi connectivity index (χ2n) is 8.23. The van der Waals surface area contributed by atoms with Crippen LogP contribution in [0.1, 0.15) is 31.8 Å². The lowest BCUT2D eigenvalue weighted by Crippen LogP contribution is -1.99. The Morgan fingerprint density at radius 2 is 0.971 bits per heavy atom. The summed E-state index contributed by atoms with van der Waals surface area (Å²) in [5.74, 6) is -2.89. The monoisotopic (exact) mass is 466 g/mol. The van der Waals surface area contributed by atoms with Crippen LogP contribution in [0.2, 0.25) is 0 Å². The van der Waals surface area contributed by atoms with Crippen LogP contribution < -0.4 is 0 Å². The van der Waals surface area contributed by atoms with Crippen LogP contribution in [0.25, 0.3) is 33.4 Å². The molecule has 3 N–H and O–H groups in total. The number of aromatic carboxylic acids is 2. The molecule has 0 spiro atoms. The fourth-order valence-electron chi connectivity index (χ4n) is 4.06. The van der Waals surface area contributed by atoms with Gasteiger partial charge < -0.3 is 15.3 Å². The number of carboxylic acids is 3. The summed E-state index contributed by atoms with van der Waals surface area (Å²) in [5, 5.41) is 27.5. The van der Waals surface area contributed by atoms with E-state index in [-0.39, 0.29) is 17.5 Å². The van der Waals surface area contributed by atoms with Crippen LogP contribution in [-0.2, 0) is 11.2 Å². The molecule has 6 heteroatoms. The van der Waals surface area contributed by atoms with Gasteiger partial charge in [0.05, 0.1) is 17.5 Å². The van der Waals surface area contributed by atoms with E-state index in [0.717, 1.165) is 38.9 Å². The highest BCUT2D eigenvalue weighted by molar-refractivity contribution is 5.91. The number of benzene rings is 4. The van der Waals surface area contributed by atoms with Crippen LogP contribution in [0.5, 0.6) is 0 Å². The van der Waals surface area contributed by atoms with Gasteiger partial charge in [-0.05, 0) is 87.8 Å². The predicted octanol–water partition coefficient (Wildman–Crippen LogP) is 6.02. The van der Waals surface area contributed by atoms with Crippen molar-refractivity contribution in [2.24, 2.45) is 0 Å². The summed E-state index contributed by atoms with van der Waals surface area (Å²) in [5.41, 5.74) is 7.37. The number of hydrogen-bond donors (Lipinski definition) is 3. The standard InChI is InChI=1S/C29H22O6/c1-17-25(20-4-2-18(3-5-20)14-27(30)31)15-24(19-6-10-22(11-7-19)28(32)33)16-26(17)21-8-12-23(13-9-21)29(34)35/h2-13,15-16H,14H2,1H3,(H,30,31)(H,32,33)(H,34,35). The van der Waals surface area contributed by atoms with Gasteiger partial charge in [0, 0.05) is 0 Å². The first kappa shape index (κ1) is 23.4. The fourth-order valence-corrected chi connectivity index (χ4v) is 4.06. The highest BCUT2D eigenvalue weighted by atomic mass is 16.4. The molecule has 0 aliphatic rings. The van der Waals surface area contributed by atoms with Gasteiger partial charge in [-0.1, -0.05) is 48.5 Å². The SMILES string of the molecule is Cc1c(-c2ccc(CC(=O)O)cc2)cc(-c2ccc(C(=O)O)cc2)cc1-c1ccc(C(=O)O)cc1. The molecular formula is C29H22O6. The number of carbonyl (C=O) groups is 3. The first-order valence-electron chi connectivity index (χ1n) is 10.9. The van der Waals surface area contributed by atoms with Crippen molar-refractivity contribution in [3.8, 4) is 33.4 Å². The molecule has 0 radical (unpaired) electrons. The lowest BCUT2D eigenvalue weighted by molar-refractivity contribution is -0.136. The van der Waals surface area contributed by atoms with Gasteiger partial charge in [0.2, 0.25) is 0 Å². The Kier molecular flexibility index (Phi) is 6.46. The van der Waals surface area contributed by atoms with Gasteiger partial charge >= 0.3 is 17.9 Å². The predicted molar refractivity (Wildman–Crippen MR) is 133 cm³/mol. The lowest BCUT2D eigenvalue weighted by atomic mass is 9.88. The Labute approximate surface area is 201 Å². The van der Waals surface area contributed by atoms with Crippen LogP contribution in [0.15, 0.2) is 84.9 Å². The maximum absolute atomic E-state index is 11.3. The van der Waals surface area contributed by atoms with Gasteiger partial charge in [0.15, 0.2) is 0 Å². The molecule has 4 aromatic carbocycles. The first-order valence-corrected chi connectivity index (χ1v) is 10.9. The molecule has 0 atom stereocenters. The molecule has 0 aliphatic heterocycles. The molecular weight excluding hydrogens is 444 g/mol. The van der Waals surface area contributed by atoms with Gasteiger partial charge in [-0.3, -0.25) is 4.79 Å².